The van der Waals surface area contributed by atoms with E-state index in [0.717, 1.165) is 5.56 Å². The van der Waals surface area contributed by atoms with E-state index in [1.54, 1.807) is 32.2 Å². The Balaban J connectivity index is 2.39. The zero-order valence-corrected chi connectivity index (χ0v) is 10.7. The van der Waals surface area contributed by atoms with Crippen LogP contribution in [0, 0.1) is 0 Å². The molecule has 1 heterocycles. The third-order valence-corrected chi connectivity index (χ3v) is 5.31. The van der Waals surface area contributed by atoms with Gasteiger partial charge in [0.1, 0.15) is 5.75 Å². The summed E-state index contributed by atoms with van der Waals surface area (Å²) >= 11 is 0. The zero-order chi connectivity index (χ0) is 12.6. The van der Waals surface area contributed by atoms with Crippen molar-refractivity contribution >= 4 is 9.84 Å². The molecule has 1 aromatic carbocycles. The number of benzene rings is 1. The second-order valence-corrected chi connectivity index (χ2v) is 6.63. The molecule has 0 aromatic heterocycles. The lowest BCUT2D eigenvalue weighted by Crippen LogP contribution is -2.22. The van der Waals surface area contributed by atoms with E-state index in [0.29, 0.717) is 17.1 Å². The second-order valence-electron chi connectivity index (χ2n) is 4.43. The number of hydrogen-bond acceptors (Lipinski definition) is 4. The van der Waals surface area contributed by atoms with Crippen LogP contribution in [-0.4, -0.2) is 32.0 Å². The Kier molecular flexibility index (Phi) is 3.14. The van der Waals surface area contributed by atoms with Gasteiger partial charge < -0.3 is 9.84 Å². The quantitative estimate of drug-likeness (QED) is 0.881. The lowest BCUT2D eigenvalue weighted by Gasteiger charge is -2.10. The Morgan fingerprint density at radius 2 is 2.24 bits per heavy atom. The molecule has 0 saturated heterocycles. The summed E-state index contributed by atoms with van der Waals surface area (Å²) in [6.07, 6.45) is 0.130. The van der Waals surface area contributed by atoms with Crippen LogP contribution >= 0.6 is 0 Å². The van der Waals surface area contributed by atoms with Crippen LogP contribution < -0.4 is 4.74 Å². The van der Waals surface area contributed by atoms with E-state index in [4.69, 9.17) is 4.74 Å². The fourth-order valence-electron chi connectivity index (χ4n) is 2.24. The highest BCUT2D eigenvalue weighted by Gasteiger charge is 2.37. The molecule has 0 radical (unpaired) electrons. The van der Waals surface area contributed by atoms with Gasteiger partial charge in [-0.25, -0.2) is 8.42 Å². The van der Waals surface area contributed by atoms with Crippen molar-refractivity contribution in [1.29, 1.82) is 0 Å². The van der Waals surface area contributed by atoms with Crippen LogP contribution in [0.15, 0.2) is 23.1 Å². The van der Waals surface area contributed by atoms with Gasteiger partial charge in [0.25, 0.3) is 0 Å². The molecule has 4 nitrogen and oxygen atoms in total. The van der Waals surface area contributed by atoms with Crippen molar-refractivity contribution < 1.29 is 18.3 Å². The molecule has 0 amide bonds. The third kappa shape index (κ3) is 2.17. The summed E-state index contributed by atoms with van der Waals surface area (Å²) in [5, 5.41) is 8.83. The minimum absolute atomic E-state index is 0.277. The van der Waals surface area contributed by atoms with E-state index in [2.05, 4.69) is 0 Å². The lowest BCUT2D eigenvalue weighted by molar-refractivity contribution is 0.183. The van der Waals surface area contributed by atoms with Gasteiger partial charge in [-0.1, -0.05) is 0 Å². The van der Waals surface area contributed by atoms with Crippen molar-refractivity contribution in [3.63, 3.8) is 0 Å². The summed E-state index contributed by atoms with van der Waals surface area (Å²) in [6, 6.07) is 5.00. The van der Waals surface area contributed by atoms with Crippen molar-refractivity contribution in [2.24, 2.45) is 0 Å². The summed E-state index contributed by atoms with van der Waals surface area (Å²) in [5.74, 6) is 0.664. The largest absolute Gasteiger partial charge is 0.497 e. The average Bonchev–Trinajstić information content (AvgIpc) is 2.49. The van der Waals surface area contributed by atoms with Crippen LogP contribution in [0.4, 0.5) is 0 Å². The number of fused-ring (bicyclic) bond motifs is 1. The monoisotopic (exact) mass is 256 g/mol. The van der Waals surface area contributed by atoms with Gasteiger partial charge in [0.2, 0.25) is 0 Å². The van der Waals surface area contributed by atoms with Crippen LogP contribution in [0.25, 0.3) is 0 Å². The standard InChI is InChI=1S/C12H16O4S/c1-8(13)5-11-7-9-6-10(16-2)3-4-12(9)17(11,14)15/h3-4,6,8,11,13H,5,7H2,1-2H3. The van der Waals surface area contributed by atoms with Crippen molar-refractivity contribution in [3.8, 4) is 5.75 Å². The van der Waals surface area contributed by atoms with Crippen LogP contribution in [0.3, 0.4) is 0 Å². The highest BCUT2D eigenvalue weighted by molar-refractivity contribution is 7.92. The topological polar surface area (TPSA) is 63.6 Å². The normalized spacial score (nSPS) is 23.1. The Morgan fingerprint density at radius 1 is 1.53 bits per heavy atom. The van der Waals surface area contributed by atoms with Crippen molar-refractivity contribution in [2.75, 3.05) is 7.11 Å². The molecular weight excluding hydrogens is 240 g/mol. The van der Waals surface area contributed by atoms with Crippen molar-refractivity contribution in [1.82, 2.24) is 0 Å². The molecule has 2 atom stereocenters. The molecule has 0 saturated carbocycles. The smallest absolute Gasteiger partial charge is 0.181 e. The van der Waals surface area contributed by atoms with Gasteiger partial charge in [-0.05, 0) is 43.5 Å². The van der Waals surface area contributed by atoms with Gasteiger partial charge in [-0.15, -0.1) is 0 Å². The minimum atomic E-state index is -3.28. The molecule has 94 valence electrons. The van der Waals surface area contributed by atoms with E-state index >= 15 is 0 Å². The number of ether oxygens (including phenoxy) is 1. The molecule has 17 heavy (non-hydrogen) atoms. The Morgan fingerprint density at radius 3 is 2.82 bits per heavy atom. The summed E-state index contributed by atoms with van der Waals surface area (Å²) in [6.45, 7) is 1.61. The first-order valence-electron chi connectivity index (χ1n) is 5.54. The Labute approximate surface area is 101 Å². The van der Waals surface area contributed by atoms with E-state index in [9.17, 15) is 13.5 Å². The van der Waals surface area contributed by atoms with Gasteiger partial charge in [-0.3, -0.25) is 0 Å². The second kappa shape index (κ2) is 4.31. The molecule has 1 N–H and O–H groups in total. The first-order valence-corrected chi connectivity index (χ1v) is 7.08. The number of aliphatic hydroxyl groups excluding tert-OH is 1. The first kappa shape index (κ1) is 12.4. The van der Waals surface area contributed by atoms with E-state index < -0.39 is 21.2 Å². The van der Waals surface area contributed by atoms with E-state index in [-0.39, 0.29) is 6.42 Å². The SMILES string of the molecule is COc1ccc2c(c1)CC(CC(C)O)S2(=O)=O. The van der Waals surface area contributed by atoms with Crippen LogP contribution in [0.2, 0.25) is 0 Å². The molecule has 0 spiro atoms. The molecular formula is C12H16O4S. The molecule has 5 heteroatoms. The molecule has 1 aromatic rings. The predicted octanol–water partition coefficient (Wildman–Crippen LogP) is 1.16. The molecule has 2 unspecified atom stereocenters. The molecule has 0 bridgehead atoms. The molecule has 1 aliphatic heterocycles. The summed E-state index contributed by atoms with van der Waals surface area (Å²) < 4.78 is 29.4. The van der Waals surface area contributed by atoms with Gasteiger partial charge >= 0.3 is 0 Å². The van der Waals surface area contributed by atoms with Gasteiger partial charge in [-0.2, -0.15) is 0 Å². The zero-order valence-electron chi connectivity index (χ0n) is 9.88. The van der Waals surface area contributed by atoms with E-state index in [1.807, 2.05) is 0 Å². The third-order valence-electron chi connectivity index (χ3n) is 3.06. The first-order chi connectivity index (χ1) is 7.95. The number of methoxy groups -OCH3 is 1. The Hall–Kier alpha value is -1.07. The maximum atomic E-state index is 12.2. The van der Waals surface area contributed by atoms with Gasteiger partial charge in [0.15, 0.2) is 9.84 Å². The number of rotatable bonds is 3. The minimum Gasteiger partial charge on any atom is -0.497 e. The fourth-order valence-corrected chi connectivity index (χ4v) is 4.30. The summed E-state index contributed by atoms with van der Waals surface area (Å²) in [4.78, 5) is 0.379. The lowest BCUT2D eigenvalue weighted by atomic mass is 10.1. The highest BCUT2D eigenvalue weighted by Crippen LogP contribution is 2.35. The molecule has 1 aliphatic rings. The molecule has 0 aliphatic carbocycles. The molecule has 0 fully saturated rings. The maximum Gasteiger partial charge on any atom is 0.181 e. The summed E-state index contributed by atoms with van der Waals surface area (Å²) in [7, 11) is -1.73. The average molecular weight is 256 g/mol. The van der Waals surface area contributed by atoms with Crippen LogP contribution in [-0.2, 0) is 16.3 Å². The van der Waals surface area contributed by atoms with Crippen LogP contribution in [0.1, 0.15) is 18.9 Å². The van der Waals surface area contributed by atoms with Crippen molar-refractivity contribution in [3.05, 3.63) is 23.8 Å². The Bertz CT molecular complexity index is 519. The van der Waals surface area contributed by atoms with E-state index in [1.165, 1.54) is 0 Å². The van der Waals surface area contributed by atoms with Gasteiger partial charge in [0.05, 0.1) is 23.4 Å². The number of sulfone groups is 1. The highest BCUT2D eigenvalue weighted by atomic mass is 32.2. The van der Waals surface area contributed by atoms with Crippen LogP contribution in [0.5, 0.6) is 5.75 Å². The van der Waals surface area contributed by atoms with Crippen molar-refractivity contribution in [2.45, 2.75) is 36.0 Å². The maximum absolute atomic E-state index is 12.2. The predicted molar refractivity (Wildman–Crippen MR) is 64.0 cm³/mol. The number of hydrogen-bond donors (Lipinski definition) is 1. The molecule has 2 rings (SSSR count). The van der Waals surface area contributed by atoms with Gasteiger partial charge in [0, 0.05) is 0 Å². The summed E-state index contributed by atoms with van der Waals surface area (Å²) in [5.41, 5.74) is 0.787. The fraction of sp³-hybridized carbons (Fsp3) is 0.500. The number of aliphatic hydroxyl groups is 1.